The third-order valence-corrected chi connectivity index (χ3v) is 4.28. The molecule has 1 amide bonds. The second-order valence-corrected chi connectivity index (χ2v) is 6.29. The topological polar surface area (TPSA) is 44.9 Å². The average Bonchev–Trinajstić information content (AvgIpc) is 2.97. The van der Waals surface area contributed by atoms with Crippen LogP contribution in [0.3, 0.4) is 0 Å². The minimum Gasteiger partial charge on any atom is -0.361 e. The molecule has 5 heteroatoms. The van der Waals surface area contributed by atoms with Gasteiger partial charge in [-0.05, 0) is 43.7 Å². The molecule has 3 nitrogen and oxygen atoms in total. The number of halogens is 2. The molecule has 124 valence electrons. The van der Waals surface area contributed by atoms with E-state index in [4.69, 9.17) is 0 Å². The summed E-state index contributed by atoms with van der Waals surface area (Å²) in [7, 11) is 0. The lowest BCUT2D eigenvalue weighted by molar-refractivity contribution is -0.125. The minimum absolute atomic E-state index is 0.103. The lowest BCUT2D eigenvalue weighted by Crippen LogP contribution is -2.39. The molecule has 0 spiro atoms. The van der Waals surface area contributed by atoms with Crippen LogP contribution in [0.15, 0.2) is 48.7 Å². The summed E-state index contributed by atoms with van der Waals surface area (Å²) in [6.45, 7) is 3.63. The molecular weight excluding hydrogens is 310 g/mol. The SMILES string of the molecule is CC(C)(C(=O)NCc1ccccc1F)c1c[nH]c2ccc(F)cc12. The van der Waals surface area contributed by atoms with E-state index in [0.717, 1.165) is 5.52 Å². The number of carbonyl (C=O) groups excluding carboxylic acids is 1. The van der Waals surface area contributed by atoms with E-state index in [1.54, 1.807) is 44.3 Å². The molecule has 0 bridgehead atoms. The molecule has 0 atom stereocenters. The van der Waals surface area contributed by atoms with Crippen LogP contribution in [0.1, 0.15) is 25.0 Å². The van der Waals surface area contributed by atoms with Crippen LogP contribution in [-0.4, -0.2) is 10.9 Å². The summed E-state index contributed by atoms with van der Waals surface area (Å²) >= 11 is 0. The molecule has 1 heterocycles. The van der Waals surface area contributed by atoms with Crippen molar-refractivity contribution in [3.63, 3.8) is 0 Å². The zero-order chi connectivity index (χ0) is 17.3. The Labute approximate surface area is 138 Å². The molecule has 3 rings (SSSR count). The van der Waals surface area contributed by atoms with Gasteiger partial charge in [0.1, 0.15) is 11.6 Å². The average molecular weight is 328 g/mol. The molecule has 0 radical (unpaired) electrons. The maximum absolute atomic E-state index is 13.7. The number of nitrogens with one attached hydrogen (secondary N) is 2. The summed E-state index contributed by atoms with van der Waals surface area (Å²) in [5.74, 6) is -0.966. The van der Waals surface area contributed by atoms with E-state index < -0.39 is 5.41 Å². The Balaban J connectivity index is 1.84. The van der Waals surface area contributed by atoms with Gasteiger partial charge in [-0.1, -0.05) is 18.2 Å². The maximum atomic E-state index is 13.7. The van der Waals surface area contributed by atoms with E-state index in [9.17, 15) is 13.6 Å². The number of aromatic amines is 1. The van der Waals surface area contributed by atoms with Gasteiger partial charge in [0.25, 0.3) is 0 Å². The van der Waals surface area contributed by atoms with E-state index in [1.165, 1.54) is 18.2 Å². The molecule has 2 aromatic carbocycles. The minimum atomic E-state index is -0.892. The first kappa shape index (κ1) is 16.2. The van der Waals surface area contributed by atoms with Crippen LogP contribution in [0.25, 0.3) is 10.9 Å². The molecular formula is C19H18F2N2O. The Morgan fingerprint density at radius 3 is 2.67 bits per heavy atom. The predicted octanol–water partition coefficient (Wildman–Crippen LogP) is 4.04. The van der Waals surface area contributed by atoms with Crippen molar-refractivity contribution in [3.05, 3.63) is 71.4 Å². The summed E-state index contributed by atoms with van der Waals surface area (Å²) in [4.78, 5) is 15.7. The molecule has 3 aromatic rings. The van der Waals surface area contributed by atoms with Gasteiger partial charge in [-0.25, -0.2) is 8.78 Å². The quantitative estimate of drug-likeness (QED) is 0.746. The summed E-state index contributed by atoms with van der Waals surface area (Å²) in [5, 5.41) is 3.43. The van der Waals surface area contributed by atoms with Gasteiger partial charge in [0.05, 0.1) is 5.41 Å². The highest BCUT2D eigenvalue weighted by atomic mass is 19.1. The van der Waals surface area contributed by atoms with Crippen LogP contribution in [0.2, 0.25) is 0 Å². The number of hydrogen-bond donors (Lipinski definition) is 2. The molecule has 2 N–H and O–H groups in total. The third-order valence-electron chi connectivity index (χ3n) is 4.28. The van der Waals surface area contributed by atoms with Crippen LogP contribution in [0.4, 0.5) is 8.78 Å². The summed E-state index contributed by atoms with van der Waals surface area (Å²) in [5.41, 5.74) is 0.994. The molecule has 0 aliphatic carbocycles. The van der Waals surface area contributed by atoms with Gasteiger partial charge in [0, 0.05) is 29.2 Å². The Morgan fingerprint density at radius 2 is 1.92 bits per heavy atom. The van der Waals surface area contributed by atoms with Crippen molar-refractivity contribution in [2.24, 2.45) is 0 Å². The number of fused-ring (bicyclic) bond motifs is 1. The molecule has 0 saturated carbocycles. The van der Waals surface area contributed by atoms with Crippen LogP contribution >= 0.6 is 0 Å². The van der Waals surface area contributed by atoms with Crippen LogP contribution in [0, 0.1) is 11.6 Å². The maximum Gasteiger partial charge on any atom is 0.230 e. The number of hydrogen-bond acceptors (Lipinski definition) is 1. The molecule has 0 aliphatic heterocycles. The van der Waals surface area contributed by atoms with Crippen molar-refractivity contribution in [1.29, 1.82) is 0 Å². The fraction of sp³-hybridized carbons (Fsp3) is 0.211. The van der Waals surface area contributed by atoms with Crippen molar-refractivity contribution in [2.45, 2.75) is 25.8 Å². The monoisotopic (exact) mass is 328 g/mol. The molecule has 1 aromatic heterocycles. The summed E-state index contributed by atoms with van der Waals surface area (Å²) < 4.78 is 27.2. The number of aromatic nitrogens is 1. The highest BCUT2D eigenvalue weighted by molar-refractivity contribution is 5.94. The Bertz CT molecular complexity index is 899. The Morgan fingerprint density at radius 1 is 1.17 bits per heavy atom. The molecule has 0 aliphatic rings. The second kappa shape index (κ2) is 6.07. The lowest BCUT2D eigenvalue weighted by Gasteiger charge is -2.23. The van der Waals surface area contributed by atoms with Gasteiger partial charge in [-0.15, -0.1) is 0 Å². The highest BCUT2D eigenvalue weighted by Gasteiger charge is 2.32. The van der Waals surface area contributed by atoms with E-state index in [1.807, 2.05) is 0 Å². The van der Waals surface area contributed by atoms with Gasteiger partial charge < -0.3 is 10.3 Å². The molecule has 0 saturated heterocycles. The van der Waals surface area contributed by atoms with Crippen LogP contribution < -0.4 is 5.32 Å². The normalized spacial score (nSPS) is 11.7. The van der Waals surface area contributed by atoms with Crippen LogP contribution in [-0.2, 0) is 16.8 Å². The first-order valence-corrected chi connectivity index (χ1v) is 7.68. The lowest BCUT2D eigenvalue weighted by atomic mass is 9.83. The summed E-state index contributed by atoms with van der Waals surface area (Å²) in [6, 6.07) is 10.7. The largest absolute Gasteiger partial charge is 0.361 e. The van der Waals surface area contributed by atoms with E-state index in [2.05, 4.69) is 10.3 Å². The van der Waals surface area contributed by atoms with Gasteiger partial charge in [0.15, 0.2) is 0 Å². The zero-order valence-electron chi connectivity index (χ0n) is 13.5. The molecule has 24 heavy (non-hydrogen) atoms. The van der Waals surface area contributed by atoms with Gasteiger partial charge in [0.2, 0.25) is 5.91 Å². The van der Waals surface area contributed by atoms with Crippen molar-refractivity contribution in [3.8, 4) is 0 Å². The zero-order valence-corrected chi connectivity index (χ0v) is 13.5. The molecule has 0 fully saturated rings. The third kappa shape index (κ3) is 2.89. The van der Waals surface area contributed by atoms with E-state index in [-0.39, 0.29) is 24.1 Å². The van der Waals surface area contributed by atoms with E-state index in [0.29, 0.717) is 16.5 Å². The van der Waals surface area contributed by atoms with Crippen molar-refractivity contribution >= 4 is 16.8 Å². The fourth-order valence-electron chi connectivity index (χ4n) is 2.77. The van der Waals surface area contributed by atoms with Gasteiger partial charge in [-0.3, -0.25) is 4.79 Å². The standard InChI is InChI=1S/C19H18F2N2O/c1-19(2,15-11-22-17-8-7-13(20)9-14(15)17)18(24)23-10-12-5-3-4-6-16(12)21/h3-9,11,22H,10H2,1-2H3,(H,23,24). The number of H-pyrrole nitrogens is 1. The summed E-state index contributed by atoms with van der Waals surface area (Å²) in [6.07, 6.45) is 1.72. The number of carbonyl (C=O) groups is 1. The smallest absolute Gasteiger partial charge is 0.230 e. The van der Waals surface area contributed by atoms with Crippen molar-refractivity contribution < 1.29 is 13.6 Å². The Hall–Kier alpha value is -2.69. The van der Waals surface area contributed by atoms with Crippen LogP contribution in [0.5, 0.6) is 0 Å². The second-order valence-electron chi connectivity index (χ2n) is 6.29. The number of rotatable bonds is 4. The predicted molar refractivity (Wildman–Crippen MR) is 89.5 cm³/mol. The first-order valence-electron chi connectivity index (χ1n) is 7.68. The fourth-order valence-corrected chi connectivity index (χ4v) is 2.77. The first-order chi connectivity index (χ1) is 11.4. The van der Waals surface area contributed by atoms with Gasteiger partial charge in [-0.2, -0.15) is 0 Å². The van der Waals surface area contributed by atoms with Crippen molar-refractivity contribution in [2.75, 3.05) is 0 Å². The molecule has 0 unspecified atom stereocenters. The van der Waals surface area contributed by atoms with Gasteiger partial charge >= 0.3 is 0 Å². The van der Waals surface area contributed by atoms with Crippen molar-refractivity contribution in [1.82, 2.24) is 10.3 Å². The number of amides is 1. The highest BCUT2D eigenvalue weighted by Crippen LogP contribution is 2.31. The van der Waals surface area contributed by atoms with E-state index >= 15 is 0 Å². The number of benzene rings is 2. The Kier molecular flexibility index (Phi) is 4.09.